The minimum Gasteiger partial charge on any atom is -0.353 e. The SMILES string of the molecule is O=C1CCCCN1CCNC(=O)C1(N2CCCCC2)CCCCC1. The van der Waals surface area contributed by atoms with Gasteiger partial charge in [-0.05, 0) is 51.6 Å². The Morgan fingerprint density at radius 3 is 2.29 bits per heavy atom. The van der Waals surface area contributed by atoms with E-state index in [2.05, 4.69) is 10.2 Å². The number of hydrogen-bond acceptors (Lipinski definition) is 3. The molecular weight excluding hydrogens is 302 g/mol. The van der Waals surface area contributed by atoms with E-state index in [4.69, 9.17) is 0 Å². The lowest BCUT2D eigenvalue weighted by molar-refractivity contribution is -0.138. The van der Waals surface area contributed by atoms with Crippen molar-refractivity contribution in [3.05, 3.63) is 0 Å². The van der Waals surface area contributed by atoms with Gasteiger partial charge in [0.15, 0.2) is 0 Å². The van der Waals surface area contributed by atoms with Gasteiger partial charge in [-0.2, -0.15) is 0 Å². The van der Waals surface area contributed by atoms with E-state index in [9.17, 15) is 9.59 Å². The molecule has 0 atom stereocenters. The van der Waals surface area contributed by atoms with Crippen LogP contribution in [0, 0.1) is 0 Å². The number of piperidine rings is 2. The summed E-state index contributed by atoms with van der Waals surface area (Å²) in [5.74, 6) is 0.465. The third-order valence-corrected chi connectivity index (χ3v) is 6.15. The van der Waals surface area contributed by atoms with Crippen molar-refractivity contribution in [3.8, 4) is 0 Å². The highest BCUT2D eigenvalue weighted by Gasteiger charge is 2.44. The van der Waals surface area contributed by atoms with Gasteiger partial charge >= 0.3 is 0 Å². The molecule has 1 saturated carbocycles. The summed E-state index contributed by atoms with van der Waals surface area (Å²) in [4.78, 5) is 29.4. The van der Waals surface area contributed by atoms with Crippen LogP contribution in [0.3, 0.4) is 0 Å². The van der Waals surface area contributed by atoms with Crippen LogP contribution in [0.2, 0.25) is 0 Å². The van der Waals surface area contributed by atoms with Gasteiger partial charge < -0.3 is 10.2 Å². The van der Waals surface area contributed by atoms with E-state index in [0.717, 1.165) is 58.2 Å². The van der Waals surface area contributed by atoms with Gasteiger partial charge in [0, 0.05) is 26.1 Å². The fraction of sp³-hybridized carbons (Fsp3) is 0.895. The second-order valence-corrected chi connectivity index (χ2v) is 7.73. The first kappa shape index (κ1) is 17.7. The predicted molar refractivity (Wildman–Crippen MR) is 94.7 cm³/mol. The Kier molecular flexibility index (Phi) is 6.14. The molecule has 0 radical (unpaired) electrons. The number of carbonyl (C=O) groups excluding carboxylic acids is 2. The molecule has 2 amide bonds. The molecule has 0 spiro atoms. The van der Waals surface area contributed by atoms with Crippen molar-refractivity contribution in [1.82, 2.24) is 15.1 Å². The lowest BCUT2D eigenvalue weighted by Gasteiger charge is -2.46. The molecule has 136 valence electrons. The van der Waals surface area contributed by atoms with Crippen molar-refractivity contribution in [2.75, 3.05) is 32.7 Å². The van der Waals surface area contributed by atoms with E-state index >= 15 is 0 Å². The maximum atomic E-state index is 13.1. The molecule has 3 fully saturated rings. The number of hydrogen-bond donors (Lipinski definition) is 1. The van der Waals surface area contributed by atoms with Crippen molar-refractivity contribution in [2.45, 2.75) is 76.2 Å². The van der Waals surface area contributed by atoms with Gasteiger partial charge in [-0.25, -0.2) is 0 Å². The Bertz CT molecular complexity index is 440. The van der Waals surface area contributed by atoms with Gasteiger partial charge in [-0.15, -0.1) is 0 Å². The van der Waals surface area contributed by atoms with Crippen molar-refractivity contribution >= 4 is 11.8 Å². The molecule has 0 bridgehead atoms. The summed E-state index contributed by atoms with van der Waals surface area (Å²) in [5.41, 5.74) is -0.273. The number of amides is 2. The van der Waals surface area contributed by atoms with Gasteiger partial charge in [0.1, 0.15) is 5.54 Å². The van der Waals surface area contributed by atoms with Crippen LogP contribution in [0.25, 0.3) is 0 Å². The normalized spacial score (nSPS) is 25.5. The van der Waals surface area contributed by atoms with Crippen LogP contribution in [0.15, 0.2) is 0 Å². The van der Waals surface area contributed by atoms with Gasteiger partial charge in [0.25, 0.3) is 0 Å². The molecule has 2 saturated heterocycles. The second-order valence-electron chi connectivity index (χ2n) is 7.73. The highest BCUT2D eigenvalue weighted by molar-refractivity contribution is 5.86. The molecule has 0 unspecified atom stereocenters. The Morgan fingerprint density at radius 2 is 1.58 bits per heavy atom. The topological polar surface area (TPSA) is 52.7 Å². The lowest BCUT2D eigenvalue weighted by atomic mass is 9.78. The maximum Gasteiger partial charge on any atom is 0.240 e. The number of likely N-dealkylation sites (tertiary alicyclic amines) is 2. The van der Waals surface area contributed by atoms with E-state index in [1.807, 2.05) is 4.90 Å². The van der Waals surface area contributed by atoms with E-state index in [0.29, 0.717) is 19.5 Å². The van der Waals surface area contributed by atoms with E-state index in [1.165, 1.54) is 25.7 Å². The highest BCUT2D eigenvalue weighted by Crippen LogP contribution is 2.35. The van der Waals surface area contributed by atoms with Gasteiger partial charge in [0.05, 0.1) is 0 Å². The number of rotatable bonds is 5. The fourth-order valence-corrected chi connectivity index (χ4v) is 4.71. The van der Waals surface area contributed by atoms with E-state index < -0.39 is 0 Å². The zero-order valence-electron chi connectivity index (χ0n) is 15.0. The first-order valence-corrected chi connectivity index (χ1v) is 10.0. The molecule has 3 aliphatic rings. The molecule has 2 heterocycles. The second kappa shape index (κ2) is 8.32. The summed E-state index contributed by atoms with van der Waals surface area (Å²) in [6.45, 7) is 4.25. The molecule has 24 heavy (non-hydrogen) atoms. The molecule has 1 aliphatic carbocycles. The zero-order chi connectivity index (χ0) is 16.8. The van der Waals surface area contributed by atoms with Crippen LogP contribution in [-0.2, 0) is 9.59 Å². The Labute approximate surface area is 146 Å². The summed E-state index contributed by atoms with van der Waals surface area (Å²) >= 11 is 0. The quantitative estimate of drug-likeness (QED) is 0.839. The third-order valence-electron chi connectivity index (χ3n) is 6.15. The largest absolute Gasteiger partial charge is 0.353 e. The molecule has 5 heteroatoms. The molecular formula is C19H33N3O2. The van der Waals surface area contributed by atoms with Crippen LogP contribution >= 0.6 is 0 Å². The van der Waals surface area contributed by atoms with Crippen LogP contribution in [0.1, 0.15) is 70.6 Å². The van der Waals surface area contributed by atoms with Crippen molar-refractivity contribution in [2.24, 2.45) is 0 Å². The smallest absolute Gasteiger partial charge is 0.240 e. The minimum atomic E-state index is -0.273. The van der Waals surface area contributed by atoms with Crippen molar-refractivity contribution in [1.29, 1.82) is 0 Å². The molecule has 3 rings (SSSR count). The summed E-state index contributed by atoms with van der Waals surface area (Å²) in [5, 5.41) is 3.18. The molecule has 0 aromatic rings. The molecule has 0 aromatic heterocycles. The van der Waals surface area contributed by atoms with Gasteiger partial charge in [-0.1, -0.05) is 25.7 Å². The Morgan fingerprint density at radius 1 is 0.917 bits per heavy atom. The van der Waals surface area contributed by atoms with E-state index in [1.54, 1.807) is 0 Å². The summed E-state index contributed by atoms with van der Waals surface area (Å²) in [6, 6.07) is 0. The highest BCUT2D eigenvalue weighted by atomic mass is 16.2. The summed E-state index contributed by atoms with van der Waals surface area (Å²) < 4.78 is 0. The first-order chi connectivity index (χ1) is 11.7. The molecule has 5 nitrogen and oxygen atoms in total. The van der Waals surface area contributed by atoms with Crippen LogP contribution in [0.5, 0.6) is 0 Å². The average Bonchev–Trinajstić information content (AvgIpc) is 2.64. The summed E-state index contributed by atoms with van der Waals surface area (Å²) in [6.07, 6.45) is 12.1. The predicted octanol–water partition coefficient (Wildman–Crippen LogP) is 2.30. The zero-order valence-corrected chi connectivity index (χ0v) is 15.0. The minimum absolute atomic E-state index is 0.216. The van der Waals surface area contributed by atoms with E-state index in [-0.39, 0.29) is 17.4 Å². The number of carbonyl (C=O) groups is 2. The van der Waals surface area contributed by atoms with Gasteiger partial charge in [0.2, 0.25) is 11.8 Å². The Hall–Kier alpha value is -1.10. The first-order valence-electron chi connectivity index (χ1n) is 10.0. The monoisotopic (exact) mass is 335 g/mol. The number of nitrogens with one attached hydrogen (secondary N) is 1. The standard InChI is InChI=1S/C19H33N3O2/c23-17-9-3-8-13-21(17)16-12-20-18(24)19(10-4-1-5-11-19)22-14-6-2-7-15-22/h1-16H2,(H,20,24). The molecule has 2 aliphatic heterocycles. The number of nitrogens with zero attached hydrogens (tertiary/aromatic N) is 2. The Balaban J connectivity index is 1.56. The van der Waals surface area contributed by atoms with Crippen LogP contribution in [0.4, 0.5) is 0 Å². The van der Waals surface area contributed by atoms with Crippen molar-refractivity contribution in [3.63, 3.8) is 0 Å². The molecule has 1 N–H and O–H groups in total. The summed E-state index contributed by atoms with van der Waals surface area (Å²) in [7, 11) is 0. The van der Waals surface area contributed by atoms with Gasteiger partial charge in [-0.3, -0.25) is 14.5 Å². The average molecular weight is 335 g/mol. The van der Waals surface area contributed by atoms with Crippen LogP contribution < -0.4 is 5.32 Å². The molecule has 0 aromatic carbocycles. The van der Waals surface area contributed by atoms with Crippen molar-refractivity contribution < 1.29 is 9.59 Å². The third kappa shape index (κ3) is 3.93. The lowest BCUT2D eigenvalue weighted by Crippen LogP contribution is -2.61. The van der Waals surface area contributed by atoms with Crippen LogP contribution in [-0.4, -0.2) is 59.9 Å². The maximum absolute atomic E-state index is 13.1. The fourth-order valence-electron chi connectivity index (χ4n) is 4.71.